The molecule has 2 rings (SSSR count). The van der Waals surface area contributed by atoms with Gasteiger partial charge in [-0.05, 0) is 41.3 Å². The monoisotopic (exact) mass is 306 g/mol. The second-order valence-electron chi connectivity index (χ2n) is 5.44. The minimum absolute atomic E-state index is 0.0462. The van der Waals surface area contributed by atoms with Gasteiger partial charge >= 0.3 is 0 Å². The van der Waals surface area contributed by atoms with Crippen molar-refractivity contribution in [2.75, 3.05) is 0 Å². The number of fused-ring (bicyclic) bond motifs is 1. The third-order valence-electron chi connectivity index (χ3n) is 3.79. The van der Waals surface area contributed by atoms with Gasteiger partial charge in [0, 0.05) is 0 Å². The second-order valence-corrected chi connectivity index (χ2v) is 6.86. The molecule has 2 aromatic rings. The van der Waals surface area contributed by atoms with Crippen molar-refractivity contribution in [1.82, 2.24) is 0 Å². The maximum absolute atomic E-state index is 11.2. The van der Waals surface area contributed by atoms with Gasteiger partial charge in [-0.2, -0.15) is 8.42 Å². The molecule has 0 aliphatic carbocycles. The summed E-state index contributed by atoms with van der Waals surface area (Å²) in [6.07, 6.45) is 7.19. The lowest BCUT2D eigenvalue weighted by Gasteiger charge is -2.08. The molecule has 3 nitrogen and oxygen atoms in total. The lowest BCUT2D eigenvalue weighted by Crippen LogP contribution is -1.98. The molecule has 0 unspecified atom stereocenters. The Morgan fingerprint density at radius 1 is 1.00 bits per heavy atom. The molecule has 114 valence electrons. The van der Waals surface area contributed by atoms with Crippen molar-refractivity contribution in [3.63, 3.8) is 0 Å². The Bertz CT molecular complexity index is 705. The molecule has 4 heteroatoms. The van der Waals surface area contributed by atoms with Gasteiger partial charge in [0.1, 0.15) is 0 Å². The van der Waals surface area contributed by atoms with Crippen LogP contribution in [0.4, 0.5) is 0 Å². The molecule has 0 bridgehead atoms. The summed E-state index contributed by atoms with van der Waals surface area (Å²) in [5.74, 6) is 0. The first-order valence-corrected chi connectivity index (χ1v) is 8.95. The SMILES string of the molecule is CCCCCCCc1cccc2cc(S(=O)(=O)O)ccc12. The van der Waals surface area contributed by atoms with Gasteiger partial charge in [0.2, 0.25) is 0 Å². The first kappa shape index (κ1) is 16.0. The van der Waals surface area contributed by atoms with Crippen LogP contribution in [0.1, 0.15) is 44.6 Å². The fraction of sp³-hybridized carbons (Fsp3) is 0.412. The van der Waals surface area contributed by atoms with Crippen LogP contribution in [0.2, 0.25) is 0 Å². The molecule has 0 atom stereocenters. The van der Waals surface area contributed by atoms with Gasteiger partial charge in [-0.25, -0.2) is 0 Å². The van der Waals surface area contributed by atoms with Crippen molar-refractivity contribution in [2.45, 2.75) is 50.3 Å². The van der Waals surface area contributed by atoms with Crippen molar-refractivity contribution < 1.29 is 13.0 Å². The molecular formula is C17H22O3S. The van der Waals surface area contributed by atoms with E-state index in [0.29, 0.717) is 0 Å². The quantitative estimate of drug-likeness (QED) is 0.601. The molecule has 0 aliphatic heterocycles. The molecule has 0 radical (unpaired) electrons. The van der Waals surface area contributed by atoms with E-state index >= 15 is 0 Å². The number of aryl methyl sites for hydroxylation is 1. The number of hydrogen-bond donors (Lipinski definition) is 1. The Hall–Kier alpha value is -1.39. The average Bonchev–Trinajstić information content (AvgIpc) is 2.45. The summed E-state index contributed by atoms with van der Waals surface area (Å²) in [5, 5.41) is 1.93. The predicted octanol–water partition coefficient (Wildman–Crippen LogP) is 4.60. The smallest absolute Gasteiger partial charge is 0.282 e. The maximum atomic E-state index is 11.2. The highest BCUT2D eigenvalue weighted by molar-refractivity contribution is 7.85. The van der Waals surface area contributed by atoms with Crippen LogP contribution in [0.5, 0.6) is 0 Å². The third-order valence-corrected chi connectivity index (χ3v) is 4.64. The summed E-state index contributed by atoms with van der Waals surface area (Å²) in [6.45, 7) is 2.21. The highest BCUT2D eigenvalue weighted by atomic mass is 32.2. The van der Waals surface area contributed by atoms with E-state index in [1.54, 1.807) is 6.07 Å². The molecule has 21 heavy (non-hydrogen) atoms. The summed E-state index contributed by atoms with van der Waals surface area (Å²) >= 11 is 0. The van der Waals surface area contributed by atoms with Crippen LogP contribution in [0.25, 0.3) is 10.8 Å². The summed E-state index contributed by atoms with van der Waals surface area (Å²) in [7, 11) is -4.13. The van der Waals surface area contributed by atoms with Gasteiger partial charge in [-0.3, -0.25) is 4.55 Å². The van der Waals surface area contributed by atoms with E-state index in [2.05, 4.69) is 13.0 Å². The number of rotatable bonds is 7. The Morgan fingerprint density at radius 3 is 2.48 bits per heavy atom. The van der Waals surface area contributed by atoms with E-state index in [1.165, 1.54) is 43.4 Å². The molecular weight excluding hydrogens is 284 g/mol. The Balaban J connectivity index is 2.18. The molecule has 0 fully saturated rings. The van der Waals surface area contributed by atoms with Crippen LogP contribution >= 0.6 is 0 Å². The van der Waals surface area contributed by atoms with Crippen molar-refractivity contribution in [1.29, 1.82) is 0 Å². The van der Waals surface area contributed by atoms with Gasteiger partial charge in [-0.1, -0.05) is 56.9 Å². The molecule has 0 heterocycles. The highest BCUT2D eigenvalue weighted by Crippen LogP contribution is 2.24. The Labute approximate surface area is 126 Å². The van der Waals surface area contributed by atoms with Gasteiger partial charge in [-0.15, -0.1) is 0 Å². The van der Waals surface area contributed by atoms with Crippen molar-refractivity contribution in [3.05, 3.63) is 42.0 Å². The number of benzene rings is 2. The first-order valence-electron chi connectivity index (χ1n) is 7.51. The first-order chi connectivity index (χ1) is 10.0. The zero-order valence-electron chi connectivity index (χ0n) is 12.4. The van der Waals surface area contributed by atoms with Crippen LogP contribution < -0.4 is 0 Å². The highest BCUT2D eigenvalue weighted by Gasteiger charge is 2.10. The fourth-order valence-corrected chi connectivity index (χ4v) is 3.14. The summed E-state index contributed by atoms with van der Waals surface area (Å²) in [6, 6.07) is 10.7. The van der Waals surface area contributed by atoms with Crippen molar-refractivity contribution in [3.8, 4) is 0 Å². The van der Waals surface area contributed by atoms with Crippen molar-refractivity contribution >= 4 is 20.9 Å². The van der Waals surface area contributed by atoms with Gasteiger partial charge in [0.15, 0.2) is 0 Å². The zero-order valence-corrected chi connectivity index (χ0v) is 13.2. The van der Waals surface area contributed by atoms with E-state index in [4.69, 9.17) is 4.55 Å². The summed E-state index contributed by atoms with van der Waals surface area (Å²) in [5.41, 5.74) is 1.24. The standard InChI is InChI=1S/C17H22O3S/c1-2-3-4-5-6-8-14-9-7-10-15-13-16(21(18,19)20)11-12-17(14)15/h7,9-13H,2-6,8H2,1H3,(H,18,19,20). The largest absolute Gasteiger partial charge is 0.294 e. The average molecular weight is 306 g/mol. The fourth-order valence-electron chi connectivity index (χ4n) is 2.63. The molecule has 0 aliphatic rings. The van der Waals surface area contributed by atoms with E-state index in [-0.39, 0.29) is 4.90 Å². The normalized spacial score (nSPS) is 11.9. The van der Waals surface area contributed by atoms with Crippen LogP contribution in [0.15, 0.2) is 41.3 Å². The maximum Gasteiger partial charge on any atom is 0.294 e. The minimum atomic E-state index is -4.13. The number of hydrogen-bond acceptors (Lipinski definition) is 2. The Kier molecular flexibility index (Phi) is 5.37. The lowest BCUT2D eigenvalue weighted by molar-refractivity contribution is 0.483. The lowest BCUT2D eigenvalue weighted by atomic mass is 9.99. The van der Waals surface area contributed by atoms with E-state index in [1.807, 2.05) is 12.1 Å². The van der Waals surface area contributed by atoms with E-state index in [0.717, 1.165) is 23.6 Å². The summed E-state index contributed by atoms with van der Waals surface area (Å²) in [4.78, 5) is -0.0462. The molecule has 1 N–H and O–H groups in total. The van der Waals surface area contributed by atoms with E-state index in [9.17, 15) is 8.42 Å². The van der Waals surface area contributed by atoms with Crippen LogP contribution in [-0.4, -0.2) is 13.0 Å². The zero-order chi connectivity index (χ0) is 15.3. The predicted molar refractivity (Wildman–Crippen MR) is 86.2 cm³/mol. The molecule has 2 aromatic carbocycles. The molecule has 0 saturated heterocycles. The van der Waals surface area contributed by atoms with Crippen LogP contribution in [-0.2, 0) is 16.5 Å². The van der Waals surface area contributed by atoms with Crippen LogP contribution in [0.3, 0.4) is 0 Å². The van der Waals surface area contributed by atoms with Crippen molar-refractivity contribution in [2.24, 2.45) is 0 Å². The third kappa shape index (κ3) is 4.29. The summed E-state index contributed by atoms with van der Waals surface area (Å²) < 4.78 is 31.5. The molecule has 0 amide bonds. The van der Waals surface area contributed by atoms with Gasteiger partial charge in [0.05, 0.1) is 4.90 Å². The Morgan fingerprint density at radius 2 is 1.76 bits per heavy atom. The van der Waals surface area contributed by atoms with Crippen LogP contribution in [0, 0.1) is 0 Å². The molecule has 0 spiro atoms. The minimum Gasteiger partial charge on any atom is -0.282 e. The topological polar surface area (TPSA) is 54.4 Å². The van der Waals surface area contributed by atoms with Gasteiger partial charge in [0.25, 0.3) is 10.1 Å². The molecule has 0 saturated carbocycles. The van der Waals surface area contributed by atoms with Gasteiger partial charge < -0.3 is 0 Å². The van der Waals surface area contributed by atoms with E-state index < -0.39 is 10.1 Å². The second kappa shape index (κ2) is 7.05. The number of unbranched alkanes of at least 4 members (excludes halogenated alkanes) is 4. The molecule has 0 aromatic heterocycles.